The van der Waals surface area contributed by atoms with E-state index in [-0.39, 0.29) is 25.1 Å². The number of benzene rings is 2. The summed E-state index contributed by atoms with van der Waals surface area (Å²) in [4.78, 5) is 33.3. The van der Waals surface area contributed by atoms with Gasteiger partial charge in [-0.05, 0) is 23.8 Å². The molecule has 2 aromatic rings. The van der Waals surface area contributed by atoms with Crippen molar-refractivity contribution < 1.29 is 27.7 Å². The first kappa shape index (κ1) is 21.7. The zero-order valence-corrected chi connectivity index (χ0v) is 15.0. The van der Waals surface area contributed by atoms with Gasteiger partial charge in [-0.15, -0.1) is 0 Å². The van der Waals surface area contributed by atoms with Crippen molar-refractivity contribution in [3.8, 4) is 0 Å². The van der Waals surface area contributed by atoms with Crippen LogP contribution in [-0.2, 0) is 22.2 Å². The predicted molar refractivity (Wildman–Crippen MR) is 99.2 cm³/mol. The monoisotopic (exact) mass is 410 g/mol. The second-order valence-electron chi connectivity index (χ2n) is 6.01. The van der Waals surface area contributed by atoms with E-state index in [0.29, 0.717) is 17.3 Å². The third kappa shape index (κ3) is 6.19. The number of nitrogens with zero attached hydrogens (tertiary/aromatic N) is 1. The van der Waals surface area contributed by atoms with Crippen LogP contribution in [0.5, 0.6) is 0 Å². The molecule has 0 atom stereocenters. The summed E-state index contributed by atoms with van der Waals surface area (Å²) >= 11 is 0. The number of nitrogens with one attached hydrogen (secondary N) is 2. The van der Waals surface area contributed by atoms with Crippen LogP contribution in [0.3, 0.4) is 0 Å². The fourth-order valence-corrected chi connectivity index (χ4v) is 2.52. The van der Waals surface area contributed by atoms with Crippen LogP contribution in [-0.4, -0.2) is 23.3 Å². The molecule has 0 fully saturated rings. The lowest BCUT2D eigenvalue weighted by atomic mass is 10.1. The van der Waals surface area contributed by atoms with Gasteiger partial charge in [-0.25, -0.2) is 0 Å². The number of hydrogen-bond acceptors (Lipinski definition) is 5. The van der Waals surface area contributed by atoms with Gasteiger partial charge in [-0.1, -0.05) is 18.2 Å². The minimum absolute atomic E-state index is 0.0595. The van der Waals surface area contributed by atoms with Crippen molar-refractivity contribution in [2.75, 3.05) is 17.2 Å². The highest BCUT2D eigenvalue weighted by Gasteiger charge is 2.33. The van der Waals surface area contributed by atoms with E-state index < -0.39 is 34.2 Å². The number of nitrogens with two attached hydrogens (primary N) is 1. The molecule has 29 heavy (non-hydrogen) atoms. The number of nitro benzene ring substituents is 1. The molecule has 0 aliphatic carbocycles. The van der Waals surface area contributed by atoms with E-state index in [0.717, 1.165) is 12.1 Å². The second-order valence-corrected chi connectivity index (χ2v) is 6.01. The van der Waals surface area contributed by atoms with Crippen LogP contribution in [0.2, 0.25) is 0 Å². The number of carbonyl (C=O) groups excluding carboxylic acids is 2. The first-order valence-corrected chi connectivity index (χ1v) is 8.33. The summed E-state index contributed by atoms with van der Waals surface area (Å²) in [7, 11) is 0. The van der Waals surface area contributed by atoms with E-state index in [4.69, 9.17) is 5.73 Å². The van der Waals surface area contributed by atoms with E-state index in [1.807, 2.05) is 0 Å². The SMILES string of the molecule is NC(=O)Cc1ccccc1NC(=O)CCNc1ccc(C(F)(F)F)cc1[N+](=O)[O-]. The third-order valence-corrected chi connectivity index (χ3v) is 3.85. The van der Waals surface area contributed by atoms with Gasteiger partial charge < -0.3 is 16.4 Å². The number of nitro groups is 1. The molecule has 0 unspecified atom stereocenters. The Hall–Kier alpha value is -3.63. The zero-order valence-electron chi connectivity index (χ0n) is 15.0. The number of halogens is 3. The molecule has 0 bridgehead atoms. The average Bonchev–Trinajstić information content (AvgIpc) is 2.62. The molecule has 0 saturated heterocycles. The van der Waals surface area contributed by atoms with Gasteiger partial charge >= 0.3 is 6.18 Å². The average molecular weight is 410 g/mol. The molecule has 0 aliphatic heterocycles. The Balaban J connectivity index is 2.01. The van der Waals surface area contributed by atoms with Crippen molar-refractivity contribution in [2.24, 2.45) is 5.73 Å². The topological polar surface area (TPSA) is 127 Å². The van der Waals surface area contributed by atoms with E-state index in [1.165, 1.54) is 0 Å². The lowest BCUT2D eigenvalue weighted by Crippen LogP contribution is -2.19. The molecule has 0 saturated carbocycles. The lowest BCUT2D eigenvalue weighted by Gasteiger charge is -2.12. The van der Waals surface area contributed by atoms with E-state index in [2.05, 4.69) is 10.6 Å². The van der Waals surface area contributed by atoms with Gasteiger partial charge in [0.15, 0.2) is 0 Å². The Morgan fingerprint density at radius 2 is 1.79 bits per heavy atom. The number of alkyl halides is 3. The number of anilines is 2. The second kappa shape index (κ2) is 9.04. The molecule has 0 spiro atoms. The Kier molecular flexibility index (Phi) is 6.75. The van der Waals surface area contributed by atoms with Crippen molar-refractivity contribution in [3.63, 3.8) is 0 Å². The van der Waals surface area contributed by atoms with Gasteiger partial charge in [0.1, 0.15) is 5.69 Å². The number of rotatable bonds is 8. The molecule has 0 aliphatic rings. The quantitative estimate of drug-likeness (QED) is 0.455. The molecule has 2 aromatic carbocycles. The van der Waals surface area contributed by atoms with Crippen LogP contribution in [0.25, 0.3) is 0 Å². The standard InChI is InChI=1S/C18H17F3N4O4/c19-18(20,21)12-5-6-14(15(10-12)25(28)29)23-8-7-17(27)24-13-4-2-1-3-11(13)9-16(22)26/h1-6,10,23H,7-9H2,(H2,22,26)(H,24,27). The summed E-state index contributed by atoms with van der Waals surface area (Å²) in [6.07, 6.45) is -4.89. The summed E-state index contributed by atoms with van der Waals surface area (Å²) in [5.41, 5.74) is 4.07. The molecule has 11 heteroatoms. The molecular weight excluding hydrogens is 393 g/mol. The van der Waals surface area contributed by atoms with Crippen LogP contribution < -0.4 is 16.4 Å². The van der Waals surface area contributed by atoms with Crippen molar-refractivity contribution in [3.05, 3.63) is 63.7 Å². The van der Waals surface area contributed by atoms with E-state index in [9.17, 15) is 32.9 Å². The predicted octanol–water partition coefficient (Wildman–Crippen LogP) is 3.08. The fraction of sp³-hybridized carbons (Fsp3) is 0.222. The highest BCUT2D eigenvalue weighted by molar-refractivity contribution is 5.92. The molecule has 154 valence electrons. The van der Waals surface area contributed by atoms with E-state index >= 15 is 0 Å². The Bertz CT molecular complexity index is 932. The maximum atomic E-state index is 12.7. The number of hydrogen-bond donors (Lipinski definition) is 3. The smallest absolute Gasteiger partial charge is 0.379 e. The summed E-state index contributed by atoms with van der Waals surface area (Å²) < 4.78 is 38.1. The summed E-state index contributed by atoms with van der Waals surface area (Å²) in [5, 5.41) is 16.2. The van der Waals surface area contributed by atoms with Crippen molar-refractivity contribution in [1.82, 2.24) is 0 Å². The highest BCUT2D eigenvalue weighted by Crippen LogP contribution is 2.34. The summed E-state index contributed by atoms with van der Waals surface area (Å²) in [6.45, 7) is -0.0595. The third-order valence-electron chi connectivity index (χ3n) is 3.85. The van der Waals surface area contributed by atoms with Crippen LogP contribution in [0.15, 0.2) is 42.5 Å². The van der Waals surface area contributed by atoms with Crippen LogP contribution in [0.4, 0.5) is 30.2 Å². The van der Waals surface area contributed by atoms with Gasteiger partial charge in [-0.3, -0.25) is 19.7 Å². The number of primary amides is 1. The van der Waals surface area contributed by atoms with Gasteiger partial charge in [0.25, 0.3) is 5.69 Å². The van der Waals surface area contributed by atoms with Crippen molar-refractivity contribution >= 4 is 28.9 Å². The summed E-state index contributed by atoms with van der Waals surface area (Å²) in [5.74, 6) is -1.02. The zero-order chi connectivity index (χ0) is 21.6. The maximum absolute atomic E-state index is 12.7. The molecule has 0 heterocycles. The molecule has 4 N–H and O–H groups in total. The van der Waals surface area contributed by atoms with Crippen LogP contribution >= 0.6 is 0 Å². The van der Waals surface area contributed by atoms with Crippen LogP contribution in [0.1, 0.15) is 17.5 Å². The fourth-order valence-electron chi connectivity index (χ4n) is 2.52. The Morgan fingerprint density at radius 1 is 1.10 bits per heavy atom. The van der Waals surface area contributed by atoms with Crippen molar-refractivity contribution in [2.45, 2.75) is 19.0 Å². The molecule has 2 rings (SSSR count). The minimum Gasteiger partial charge on any atom is -0.379 e. The first-order chi connectivity index (χ1) is 13.6. The molecule has 8 nitrogen and oxygen atoms in total. The van der Waals surface area contributed by atoms with E-state index in [1.54, 1.807) is 24.3 Å². The number of para-hydroxylation sites is 1. The lowest BCUT2D eigenvalue weighted by molar-refractivity contribution is -0.384. The molecule has 0 radical (unpaired) electrons. The summed E-state index contributed by atoms with van der Waals surface area (Å²) in [6, 6.07) is 8.65. The largest absolute Gasteiger partial charge is 0.416 e. The van der Waals surface area contributed by atoms with Crippen molar-refractivity contribution in [1.29, 1.82) is 0 Å². The first-order valence-electron chi connectivity index (χ1n) is 8.33. The number of amides is 2. The van der Waals surface area contributed by atoms with Crippen LogP contribution in [0, 0.1) is 10.1 Å². The molecular formula is C18H17F3N4O4. The van der Waals surface area contributed by atoms with Gasteiger partial charge in [0.05, 0.1) is 16.9 Å². The molecule has 0 aromatic heterocycles. The number of carbonyl (C=O) groups is 2. The molecule has 2 amide bonds. The maximum Gasteiger partial charge on any atom is 0.416 e. The van der Waals surface area contributed by atoms with Gasteiger partial charge in [-0.2, -0.15) is 13.2 Å². The Labute approximate surface area is 163 Å². The highest BCUT2D eigenvalue weighted by atomic mass is 19.4. The normalized spacial score (nSPS) is 11.0. The Morgan fingerprint density at radius 3 is 2.41 bits per heavy atom. The van der Waals surface area contributed by atoms with Gasteiger partial charge in [0.2, 0.25) is 11.8 Å². The minimum atomic E-state index is -4.71. The van der Waals surface area contributed by atoms with Gasteiger partial charge in [0, 0.05) is 24.7 Å².